The molecule has 2 rings (SSSR count). The van der Waals surface area contributed by atoms with Crippen LogP contribution in [0.25, 0.3) is 0 Å². The molecule has 0 unspecified atom stereocenters. The first-order valence-electron chi connectivity index (χ1n) is 8.33. The van der Waals surface area contributed by atoms with Gasteiger partial charge in [0.05, 0.1) is 20.8 Å². The molecule has 0 heterocycles. The van der Waals surface area contributed by atoms with E-state index in [1.54, 1.807) is 21.1 Å². The van der Waals surface area contributed by atoms with Gasteiger partial charge in [-0.15, -0.1) is 6.58 Å². The van der Waals surface area contributed by atoms with Crippen molar-refractivity contribution >= 4 is 5.91 Å². The molecule has 5 heteroatoms. The van der Waals surface area contributed by atoms with Crippen LogP contribution in [0.1, 0.15) is 30.9 Å². The molecule has 0 aromatic heterocycles. The predicted molar refractivity (Wildman–Crippen MR) is 93.4 cm³/mol. The Kier molecular flexibility index (Phi) is 6.67. The van der Waals surface area contributed by atoms with E-state index < -0.39 is 6.10 Å². The number of benzene rings is 1. The summed E-state index contributed by atoms with van der Waals surface area (Å²) in [4.78, 5) is 12.1. The molecule has 1 atom stereocenters. The summed E-state index contributed by atoms with van der Waals surface area (Å²) < 4.78 is 16.4. The third-order valence-electron chi connectivity index (χ3n) is 4.09. The van der Waals surface area contributed by atoms with Crippen LogP contribution >= 0.6 is 0 Å². The Labute approximate surface area is 144 Å². The molecule has 1 N–H and O–H groups in total. The van der Waals surface area contributed by atoms with E-state index in [1.807, 2.05) is 18.2 Å². The van der Waals surface area contributed by atoms with Crippen LogP contribution in [0.3, 0.4) is 0 Å². The van der Waals surface area contributed by atoms with E-state index in [4.69, 9.17) is 14.2 Å². The van der Waals surface area contributed by atoms with Crippen molar-refractivity contribution in [3.05, 3.63) is 35.9 Å². The average Bonchev–Trinajstić information content (AvgIpc) is 3.41. The van der Waals surface area contributed by atoms with Gasteiger partial charge < -0.3 is 19.5 Å². The van der Waals surface area contributed by atoms with Crippen LogP contribution in [0.5, 0.6) is 11.5 Å². The van der Waals surface area contributed by atoms with Crippen LogP contribution in [0.2, 0.25) is 0 Å². The lowest BCUT2D eigenvalue weighted by atomic mass is 10.1. The van der Waals surface area contributed by atoms with Gasteiger partial charge in [0.1, 0.15) is 6.10 Å². The van der Waals surface area contributed by atoms with Gasteiger partial charge in [-0.1, -0.05) is 6.08 Å². The van der Waals surface area contributed by atoms with E-state index >= 15 is 0 Å². The molecule has 132 valence electrons. The number of amides is 1. The highest BCUT2D eigenvalue weighted by Crippen LogP contribution is 2.33. The number of hydrogen-bond donors (Lipinski definition) is 1. The van der Waals surface area contributed by atoms with Crippen LogP contribution in [0.15, 0.2) is 24.8 Å². The molecule has 0 saturated heterocycles. The van der Waals surface area contributed by atoms with Crippen molar-refractivity contribution in [2.45, 2.75) is 38.8 Å². The van der Waals surface area contributed by atoms with E-state index in [0.29, 0.717) is 37.0 Å². The van der Waals surface area contributed by atoms with Crippen LogP contribution in [-0.4, -0.2) is 32.8 Å². The summed E-state index contributed by atoms with van der Waals surface area (Å²) in [6.07, 6.45) is 4.48. The lowest BCUT2D eigenvalue weighted by Crippen LogP contribution is -2.34. The van der Waals surface area contributed by atoms with Crippen molar-refractivity contribution in [2.24, 2.45) is 5.92 Å². The number of carbonyl (C=O) groups excluding carboxylic acids is 1. The summed E-state index contributed by atoms with van der Waals surface area (Å²) in [5.41, 5.74) is 1.93. The monoisotopic (exact) mass is 333 g/mol. The highest BCUT2D eigenvalue weighted by molar-refractivity contribution is 5.80. The smallest absolute Gasteiger partial charge is 0.249 e. The standard InChI is InChI=1S/C19H27NO4/c1-5-6-16-9-15(10-17(22-3)18(16)23-4)11-20-19(21)13(2)24-12-14-7-8-14/h5,9-10,13-14H,1,6-8,11-12H2,2-4H3,(H,20,21)/t13-/m1/s1. The fourth-order valence-corrected chi connectivity index (χ4v) is 2.49. The summed E-state index contributed by atoms with van der Waals surface area (Å²) in [6.45, 7) is 6.65. The average molecular weight is 333 g/mol. The fourth-order valence-electron chi connectivity index (χ4n) is 2.49. The number of allylic oxidation sites excluding steroid dienone is 1. The van der Waals surface area contributed by atoms with E-state index in [-0.39, 0.29) is 5.91 Å². The lowest BCUT2D eigenvalue weighted by molar-refractivity contribution is -0.132. The molecule has 1 aliphatic carbocycles. The van der Waals surface area contributed by atoms with Crippen molar-refractivity contribution in [1.82, 2.24) is 5.32 Å². The number of nitrogens with one attached hydrogen (secondary N) is 1. The van der Waals surface area contributed by atoms with Crippen molar-refractivity contribution in [1.29, 1.82) is 0 Å². The third-order valence-corrected chi connectivity index (χ3v) is 4.09. The quantitative estimate of drug-likeness (QED) is 0.669. The molecule has 1 fully saturated rings. The van der Waals surface area contributed by atoms with Crippen LogP contribution in [0, 0.1) is 5.92 Å². The first-order chi connectivity index (χ1) is 11.6. The molecule has 5 nitrogen and oxygen atoms in total. The largest absolute Gasteiger partial charge is 0.493 e. The van der Waals surface area contributed by atoms with Crippen LogP contribution in [0.4, 0.5) is 0 Å². The zero-order valence-corrected chi connectivity index (χ0v) is 14.8. The second-order valence-corrected chi connectivity index (χ2v) is 6.12. The molecule has 1 aromatic rings. The van der Waals surface area contributed by atoms with Crippen LogP contribution in [-0.2, 0) is 22.5 Å². The second kappa shape index (κ2) is 8.73. The zero-order chi connectivity index (χ0) is 17.5. The molecule has 0 aliphatic heterocycles. The first-order valence-corrected chi connectivity index (χ1v) is 8.33. The molecule has 1 saturated carbocycles. The van der Waals surface area contributed by atoms with Gasteiger partial charge in [-0.3, -0.25) is 4.79 Å². The van der Waals surface area contributed by atoms with Gasteiger partial charge in [0.15, 0.2) is 11.5 Å². The van der Waals surface area contributed by atoms with Crippen LogP contribution < -0.4 is 14.8 Å². The Balaban J connectivity index is 1.98. The molecular weight excluding hydrogens is 306 g/mol. The molecular formula is C19H27NO4. The Hall–Kier alpha value is -2.01. The van der Waals surface area contributed by atoms with Gasteiger partial charge in [0.2, 0.25) is 5.91 Å². The zero-order valence-electron chi connectivity index (χ0n) is 14.8. The highest BCUT2D eigenvalue weighted by atomic mass is 16.5. The van der Waals surface area contributed by atoms with Crippen molar-refractivity contribution in [2.75, 3.05) is 20.8 Å². The van der Waals surface area contributed by atoms with Gasteiger partial charge in [0, 0.05) is 12.1 Å². The first kappa shape index (κ1) is 18.3. The normalized spacial score (nSPS) is 14.8. The van der Waals surface area contributed by atoms with Gasteiger partial charge >= 0.3 is 0 Å². The molecule has 0 radical (unpaired) electrons. The summed E-state index contributed by atoms with van der Waals surface area (Å²) in [6, 6.07) is 3.88. The SMILES string of the molecule is C=CCc1cc(CNC(=O)[C@@H](C)OCC2CC2)cc(OC)c1OC. The van der Waals surface area contributed by atoms with E-state index in [2.05, 4.69) is 11.9 Å². The number of hydrogen-bond acceptors (Lipinski definition) is 4. The number of carbonyl (C=O) groups is 1. The molecule has 1 aliphatic rings. The number of ether oxygens (including phenoxy) is 3. The van der Waals surface area contributed by atoms with Crippen molar-refractivity contribution in [3.63, 3.8) is 0 Å². The topological polar surface area (TPSA) is 56.8 Å². The number of rotatable bonds is 10. The minimum absolute atomic E-state index is 0.101. The molecule has 1 amide bonds. The van der Waals surface area contributed by atoms with Gasteiger partial charge in [-0.25, -0.2) is 0 Å². The lowest BCUT2D eigenvalue weighted by Gasteiger charge is -2.16. The van der Waals surface area contributed by atoms with Gasteiger partial charge in [0.25, 0.3) is 0 Å². The molecule has 0 spiro atoms. The van der Waals surface area contributed by atoms with Crippen molar-refractivity contribution < 1.29 is 19.0 Å². The van der Waals surface area contributed by atoms with Gasteiger partial charge in [-0.2, -0.15) is 0 Å². The maximum absolute atomic E-state index is 12.1. The summed E-state index contributed by atoms with van der Waals surface area (Å²) in [5, 5.41) is 2.91. The Morgan fingerprint density at radius 2 is 2.12 bits per heavy atom. The summed E-state index contributed by atoms with van der Waals surface area (Å²) in [5.74, 6) is 1.90. The highest BCUT2D eigenvalue weighted by Gasteiger charge is 2.24. The summed E-state index contributed by atoms with van der Waals surface area (Å²) in [7, 11) is 3.22. The Bertz CT molecular complexity index is 581. The van der Waals surface area contributed by atoms with Gasteiger partial charge in [-0.05, 0) is 49.8 Å². The predicted octanol–water partition coefficient (Wildman–Crippen LogP) is 2.86. The third kappa shape index (κ3) is 4.99. The van der Waals surface area contributed by atoms with E-state index in [1.165, 1.54) is 12.8 Å². The Morgan fingerprint density at radius 1 is 1.38 bits per heavy atom. The minimum atomic E-state index is -0.432. The minimum Gasteiger partial charge on any atom is -0.493 e. The van der Waals surface area contributed by atoms with Crippen molar-refractivity contribution in [3.8, 4) is 11.5 Å². The molecule has 0 bridgehead atoms. The Morgan fingerprint density at radius 3 is 2.71 bits per heavy atom. The molecule has 1 aromatic carbocycles. The van der Waals surface area contributed by atoms with E-state index in [9.17, 15) is 4.79 Å². The maximum Gasteiger partial charge on any atom is 0.249 e. The fraction of sp³-hybridized carbons (Fsp3) is 0.526. The van der Waals surface area contributed by atoms with E-state index in [0.717, 1.165) is 11.1 Å². The molecule has 24 heavy (non-hydrogen) atoms. The summed E-state index contributed by atoms with van der Waals surface area (Å²) >= 11 is 0. The second-order valence-electron chi connectivity index (χ2n) is 6.12. The number of methoxy groups -OCH3 is 2. The maximum atomic E-state index is 12.1.